The number of rotatable bonds is 5. The Bertz CT molecular complexity index is 652. The van der Waals surface area contributed by atoms with Gasteiger partial charge in [-0.1, -0.05) is 0 Å². The van der Waals surface area contributed by atoms with Crippen LogP contribution >= 0.6 is 0 Å². The molecule has 2 fully saturated rings. The molecule has 2 heterocycles. The fourth-order valence-corrected chi connectivity index (χ4v) is 4.31. The van der Waals surface area contributed by atoms with Crippen LogP contribution in [-0.2, 0) is 16.1 Å². The standard InChI is InChI=1S/C20H29F2N3O2/c1-23-7-8-24(14-16-11-17(21)13-18(22)12-16)15-20(23)4-3-19(26)25(6-5-20)9-10-27-2/h11-13H,3-10,14-15H2,1-2H3/t20-/m0/s1. The summed E-state index contributed by atoms with van der Waals surface area (Å²) in [6, 6.07) is 3.70. The number of amides is 1. The summed E-state index contributed by atoms with van der Waals surface area (Å²) in [4.78, 5) is 19.0. The van der Waals surface area contributed by atoms with Crippen molar-refractivity contribution >= 4 is 5.91 Å². The minimum atomic E-state index is -0.539. The lowest BCUT2D eigenvalue weighted by molar-refractivity contribution is -0.131. The summed E-state index contributed by atoms with van der Waals surface area (Å²) in [5, 5.41) is 0. The topological polar surface area (TPSA) is 36.0 Å². The first-order valence-electron chi connectivity index (χ1n) is 9.57. The number of halogens is 2. The van der Waals surface area contributed by atoms with Gasteiger partial charge in [0.1, 0.15) is 11.6 Å². The van der Waals surface area contributed by atoms with Gasteiger partial charge in [0.15, 0.2) is 0 Å². The zero-order valence-corrected chi connectivity index (χ0v) is 16.2. The predicted molar refractivity (Wildman–Crippen MR) is 99.3 cm³/mol. The van der Waals surface area contributed by atoms with Crippen LogP contribution in [0.4, 0.5) is 8.78 Å². The van der Waals surface area contributed by atoms with E-state index in [0.29, 0.717) is 31.7 Å². The van der Waals surface area contributed by atoms with Gasteiger partial charge in [0, 0.05) is 64.4 Å². The third-order valence-corrected chi connectivity index (χ3v) is 5.98. The van der Waals surface area contributed by atoms with Crippen molar-refractivity contribution in [3.05, 3.63) is 35.4 Å². The smallest absolute Gasteiger partial charge is 0.222 e. The van der Waals surface area contributed by atoms with E-state index in [1.54, 1.807) is 7.11 Å². The number of hydrogen-bond donors (Lipinski definition) is 0. The molecule has 0 radical (unpaired) electrons. The first-order valence-corrected chi connectivity index (χ1v) is 9.57. The van der Waals surface area contributed by atoms with Crippen molar-refractivity contribution in [1.29, 1.82) is 0 Å². The molecular weight excluding hydrogens is 352 g/mol. The number of carbonyl (C=O) groups excluding carboxylic acids is 1. The summed E-state index contributed by atoms with van der Waals surface area (Å²) in [5.74, 6) is -0.896. The van der Waals surface area contributed by atoms with Crippen LogP contribution in [0.15, 0.2) is 18.2 Å². The minimum Gasteiger partial charge on any atom is -0.383 e. The maximum absolute atomic E-state index is 13.5. The highest BCUT2D eigenvalue weighted by molar-refractivity contribution is 5.76. The van der Waals surface area contributed by atoms with E-state index < -0.39 is 11.6 Å². The average Bonchev–Trinajstić information content (AvgIpc) is 2.76. The molecule has 1 aromatic carbocycles. The van der Waals surface area contributed by atoms with Gasteiger partial charge in [-0.25, -0.2) is 8.78 Å². The highest BCUT2D eigenvalue weighted by Crippen LogP contribution is 2.32. The van der Waals surface area contributed by atoms with Gasteiger partial charge in [0.25, 0.3) is 0 Å². The van der Waals surface area contributed by atoms with Crippen LogP contribution in [-0.4, -0.2) is 79.6 Å². The Kier molecular flexibility index (Phi) is 6.44. The van der Waals surface area contributed by atoms with E-state index in [9.17, 15) is 13.6 Å². The number of benzene rings is 1. The molecule has 0 saturated carbocycles. The molecule has 5 nitrogen and oxygen atoms in total. The molecule has 0 aliphatic carbocycles. The number of likely N-dealkylation sites (N-methyl/N-ethyl adjacent to an activating group) is 1. The summed E-state index contributed by atoms with van der Waals surface area (Å²) >= 11 is 0. The molecule has 1 amide bonds. The van der Waals surface area contributed by atoms with Gasteiger partial charge in [-0.15, -0.1) is 0 Å². The molecule has 0 N–H and O–H groups in total. The molecule has 3 rings (SSSR count). The van der Waals surface area contributed by atoms with E-state index in [-0.39, 0.29) is 11.4 Å². The van der Waals surface area contributed by atoms with Crippen LogP contribution in [0.2, 0.25) is 0 Å². The van der Waals surface area contributed by atoms with Crippen molar-refractivity contribution < 1.29 is 18.3 Å². The molecule has 150 valence electrons. The molecule has 2 saturated heterocycles. The van der Waals surface area contributed by atoms with E-state index in [1.807, 2.05) is 4.90 Å². The van der Waals surface area contributed by atoms with Gasteiger partial charge in [-0.3, -0.25) is 14.6 Å². The number of hydrogen-bond acceptors (Lipinski definition) is 4. The molecule has 2 aliphatic heterocycles. The number of methoxy groups -OCH3 is 1. The van der Waals surface area contributed by atoms with Crippen LogP contribution in [0, 0.1) is 11.6 Å². The Hall–Kier alpha value is -1.57. The Morgan fingerprint density at radius 2 is 1.85 bits per heavy atom. The summed E-state index contributed by atoms with van der Waals surface area (Å²) in [7, 11) is 3.76. The SMILES string of the molecule is COCCN1CC[C@@]2(CCC1=O)CN(Cc1cc(F)cc(F)c1)CCN2C. The normalized spacial score (nSPS) is 25.2. The largest absolute Gasteiger partial charge is 0.383 e. The predicted octanol–water partition coefficient (Wildman–Crippen LogP) is 2.11. The fraction of sp³-hybridized carbons (Fsp3) is 0.650. The van der Waals surface area contributed by atoms with Gasteiger partial charge in [0.2, 0.25) is 5.91 Å². The van der Waals surface area contributed by atoms with Crippen molar-refractivity contribution in [1.82, 2.24) is 14.7 Å². The van der Waals surface area contributed by atoms with Crippen LogP contribution in [0.1, 0.15) is 24.8 Å². The van der Waals surface area contributed by atoms with Gasteiger partial charge in [0.05, 0.1) is 6.61 Å². The van der Waals surface area contributed by atoms with Crippen molar-refractivity contribution in [3.63, 3.8) is 0 Å². The molecule has 0 aromatic heterocycles. The molecule has 1 atom stereocenters. The second-order valence-corrected chi connectivity index (χ2v) is 7.76. The van der Waals surface area contributed by atoms with Crippen LogP contribution in [0.25, 0.3) is 0 Å². The number of nitrogens with zero attached hydrogens (tertiary/aromatic N) is 3. The molecule has 27 heavy (non-hydrogen) atoms. The minimum absolute atomic E-state index is 0.0817. The molecular formula is C20H29F2N3O2. The number of likely N-dealkylation sites (tertiary alicyclic amines) is 1. The second-order valence-electron chi connectivity index (χ2n) is 7.76. The fourth-order valence-electron chi connectivity index (χ4n) is 4.31. The molecule has 2 aliphatic rings. The summed E-state index contributed by atoms with van der Waals surface area (Å²) in [6.45, 7) is 4.93. The van der Waals surface area contributed by atoms with Crippen molar-refractivity contribution in [2.24, 2.45) is 0 Å². The Labute approximate surface area is 159 Å². The monoisotopic (exact) mass is 381 g/mol. The third-order valence-electron chi connectivity index (χ3n) is 5.98. The zero-order chi connectivity index (χ0) is 19.4. The average molecular weight is 381 g/mol. The quantitative estimate of drug-likeness (QED) is 0.783. The zero-order valence-electron chi connectivity index (χ0n) is 16.2. The summed E-state index contributed by atoms with van der Waals surface area (Å²) in [5.41, 5.74) is 0.570. The van der Waals surface area contributed by atoms with Crippen molar-refractivity contribution in [2.45, 2.75) is 31.3 Å². The van der Waals surface area contributed by atoms with E-state index in [4.69, 9.17) is 4.74 Å². The lowest BCUT2D eigenvalue weighted by Gasteiger charge is -2.49. The first kappa shape index (κ1) is 20.2. The molecule has 0 unspecified atom stereocenters. The number of piperazine rings is 1. The van der Waals surface area contributed by atoms with Crippen LogP contribution in [0.3, 0.4) is 0 Å². The third kappa shape index (κ3) is 4.83. The lowest BCUT2D eigenvalue weighted by Crippen LogP contribution is -2.60. The summed E-state index contributed by atoms with van der Waals surface area (Å²) < 4.78 is 32.1. The van der Waals surface area contributed by atoms with E-state index >= 15 is 0 Å². The van der Waals surface area contributed by atoms with E-state index in [1.165, 1.54) is 12.1 Å². The highest BCUT2D eigenvalue weighted by Gasteiger charge is 2.42. The molecule has 7 heteroatoms. The highest BCUT2D eigenvalue weighted by atomic mass is 19.1. The molecule has 1 aromatic rings. The van der Waals surface area contributed by atoms with Crippen molar-refractivity contribution in [2.75, 3.05) is 53.5 Å². The number of ether oxygens (including phenoxy) is 1. The van der Waals surface area contributed by atoms with Gasteiger partial charge in [-0.2, -0.15) is 0 Å². The van der Waals surface area contributed by atoms with Crippen molar-refractivity contribution in [3.8, 4) is 0 Å². The van der Waals surface area contributed by atoms with Crippen LogP contribution < -0.4 is 0 Å². The Balaban J connectivity index is 1.69. The maximum atomic E-state index is 13.5. The Morgan fingerprint density at radius 3 is 2.56 bits per heavy atom. The second kappa shape index (κ2) is 8.63. The summed E-state index contributed by atoms with van der Waals surface area (Å²) in [6.07, 6.45) is 2.23. The first-order chi connectivity index (χ1) is 12.9. The Morgan fingerprint density at radius 1 is 1.11 bits per heavy atom. The van der Waals surface area contributed by atoms with Gasteiger partial charge < -0.3 is 9.64 Å². The van der Waals surface area contributed by atoms with Gasteiger partial charge >= 0.3 is 0 Å². The maximum Gasteiger partial charge on any atom is 0.222 e. The number of carbonyl (C=O) groups is 1. The lowest BCUT2D eigenvalue weighted by atomic mass is 9.86. The van der Waals surface area contributed by atoms with E-state index in [2.05, 4.69) is 16.8 Å². The van der Waals surface area contributed by atoms with E-state index in [0.717, 1.165) is 45.1 Å². The molecule has 0 bridgehead atoms. The van der Waals surface area contributed by atoms with Gasteiger partial charge in [-0.05, 0) is 37.6 Å². The molecule has 1 spiro atoms. The van der Waals surface area contributed by atoms with Crippen LogP contribution in [0.5, 0.6) is 0 Å².